The summed E-state index contributed by atoms with van der Waals surface area (Å²) in [5, 5.41) is 9.27. The molecule has 0 radical (unpaired) electrons. The van der Waals surface area contributed by atoms with Gasteiger partial charge in [-0.3, -0.25) is 0 Å². The fourth-order valence-electron chi connectivity index (χ4n) is 2.18. The summed E-state index contributed by atoms with van der Waals surface area (Å²) in [6, 6.07) is 17.5. The lowest BCUT2D eigenvalue weighted by atomic mass is 10.1. The molecule has 0 amide bonds. The third kappa shape index (κ3) is 5.58. The molecular formula is C20H22O2. The standard InChI is InChI=1S/C20H22O2/c1-22-20(16-13-18-11-14-19(21)15-12-18)10-6-5-9-17-7-3-2-4-8-17/h2-12,14-15,20-21H,13,16H2,1H3/b9-5+,10-6+. The maximum atomic E-state index is 9.27. The molecule has 0 fully saturated rings. The molecule has 0 bridgehead atoms. The Hall–Kier alpha value is -2.32. The Morgan fingerprint density at radius 1 is 1.00 bits per heavy atom. The Kier molecular flexibility index (Phi) is 6.46. The summed E-state index contributed by atoms with van der Waals surface area (Å²) in [4.78, 5) is 0. The average molecular weight is 294 g/mol. The van der Waals surface area contributed by atoms with Crippen LogP contribution < -0.4 is 0 Å². The molecule has 114 valence electrons. The number of phenolic OH excluding ortho intramolecular Hbond substituents is 1. The minimum Gasteiger partial charge on any atom is -0.508 e. The first-order valence-electron chi connectivity index (χ1n) is 7.48. The molecule has 0 saturated carbocycles. The van der Waals surface area contributed by atoms with Gasteiger partial charge < -0.3 is 9.84 Å². The van der Waals surface area contributed by atoms with Crippen LogP contribution in [0.15, 0.2) is 72.8 Å². The molecule has 2 aromatic carbocycles. The zero-order valence-electron chi connectivity index (χ0n) is 12.9. The molecule has 0 heterocycles. The van der Waals surface area contributed by atoms with Crippen molar-refractivity contribution in [2.45, 2.75) is 18.9 Å². The van der Waals surface area contributed by atoms with E-state index in [1.54, 1.807) is 19.2 Å². The van der Waals surface area contributed by atoms with Crippen molar-refractivity contribution in [2.24, 2.45) is 0 Å². The molecule has 0 aromatic heterocycles. The van der Waals surface area contributed by atoms with Gasteiger partial charge in [0, 0.05) is 7.11 Å². The van der Waals surface area contributed by atoms with Crippen LogP contribution in [0, 0.1) is 0 Å². The second-order valence-electron chi connectivity index (χ2n) is 5.13. The van der Waals surface area contributed by atoms with Gasteiger partial charge in [-0.1, -0.05) is 66.8 Å². The molecule has 0 spiro atoms. The lowest BCUT2D eigenvalue weighted by Crippen LogP contribution is -2.07. The smallest absolute Gasteiger partial charge is 0.115 e. The number of hydrogen-bond donors (Lipinski definition) is 1. The maximum Gasteiger partial charge on any atom is 0.115 e. The van der Waals surface area contributed by atoms with Crippen molar-refractivity contribution >= 4 is 6.08 Å². The summed E-state index contributed by atoms with van der Waals surface area (Å²) in [6.45, 7) is 0. The predicted molar refractivity (Wildman–Crippen MR) is 91.8 cm³/mol. The van der Waals surface area contributed by atoms with Gasteiger partial charge in [0.2, 0.25) is 0 Å². The van der Waals surface area contributed by atoms with E-state index >= 15 is 0 Å². The Morgan fingerprint density at radius 2 is 1.73 bits per heavy atom. The highest BCUT2D eigenvalue weighted by Gasteiger charge is 2.03. The Bertz CT molecular complexity index is 597. The quantitative estimate of drug-likeness (QED) is 0.756. The Morgan fingerprint density at radius 3 is 2.41 bits per heavy atom. The highest BCUT2D eigenvalue weighted by atomic mass is 16.5. The van der Waals surface area contributed by atoms with Crippen molar-refractivity contribution in [1.29, 1.82) is 0 Å². The first kappa shape index (κ1) is 16.1. The van der Waals surface area contributed by atoms with Crippen molar-refractivity contribution in [3.05, 3.63) is 84.0 Å². The van der Waals surface area contributed by atoms with Crippen molar-refractivity contribution in [3.63, 3.8) is 0 Å². The third-order valence-corrected chi connectivity index (χ3v) is 3.48. The van der Waals surface area contributed by atoms with Gasteiger partial charge >= 0.3 is 0 Å². The van der Waals surface area contributed by atoms with Crippen molar-refractivity contribution < 1.29 is 9.84 Å². The van der Waals surface area contributed by atoms with Crippen LogP contribution in [0.4, 0.5) is 0 Å². The number of ether oxygens (including phenoxy) is 1. The van der Waals surface area contributed by atoms with E-state index in [4.69, 9.17) is 4.74 Å². The second kappa shape index (κ2) is 8.85. The molecular weight excluding hydrogens is 272 g/mol. The van der Waals surface area contributed by atoms with E-state index in [-0.39, 0.29) is 6.10 Å². The summed E-state index contributed by atoms with van der Waals surface area (Å²) in [5.41, 5.74) is 2.39. The second-order valence-corrected chi connectivity index (χ2v) is 5.13. The van der Waals surface area contributed by atoms with Gasteiger partial charge in [0.15, 0.2) is 0 Å². The molecule has 2 heteroatoms. The largest absolute Gasteiger partial charge is 0.508 e. The van der Waals surface area contributed by atoms with Crippen LogP contribution in [0.1, 0.15) is 17.5 Å². The lowest BCUT2D eigenvalue weighted by Gasteiger charge is -2.10. The summed E-state index contributed by atoms with van der Waals surface area (Å²) in [6.07, 6.45) is 10.1. The van der Waals surface area contributed by atoms with Gasteiger partial charge in [0.25, 0.3) is 0 Å². The molecule has 0 aliphatic carbocycles. The highest BCUT2D eigenvalue weighted by Crippen LogP contribution is 2.13. The minimum absolute atomic E-state index is 0.0919. The number of rotatable bonds is 7. The van der Waals surface area contributed by atoms with Crippen molar-refractivity contribution in [1.82, 2.24) is 0 Å². The third-order valence-electron chi connectivity index (χ3n) is 3.48. The molecule has 2 rings (SSSR count). The van der Waals surface area contributed by atoms with Gasteiger partial charge in [-0.05, 0) is 36.1 Å². The first-order valence-corrected chi connectivity index (χ1v) is 7.48. The number of allylic oxidation sites excluding steroid dienone is 2. The summed E-state index contributed by atoms with van der Waals surface area (Å²) in [7, 11) is 1.73. The predicted octanol–water partition coefficient (Wildman–Crippen LogP) is 4.61. The van der Waals surface area contributed by atoms with E-state index in [2.05, 4.69) is 24.3 Å². The maximum absolute atomic E-state index is 9.27. The summed E-state index contributed by atoms with van der Waals surface area (Å²) < 4.78 is 5.48. The van der Waals surface area contributed by atoms with Gasteiger partial charge in [0.05, 0.1) is 6.10 Å². The number of hydrogen-bond acceptors (Lipinski definition) is 2. The molecule has 1 N–H and O–H groups in total. The molecule has 22 heavy (non-hydrogen) atoms. The summed E-state index contributed by atoms with van der Waals surface area (Å²) in [5.74, 6) is 0.304. The number of phenols is 1. The first-order chi connectivity index (χ1) is 10.8. The zero-order valence-corrected chi connectivity index (χ0v) is 12.9. The van der Waals surface area contributed by atoms with Crippen LogP contribution in [0.3, 0.4) is 0 Å². The number of aromatic hydroxyl groups is 1. The minimum atomic E-state index is 0.0919. The van der Waals surface area contributed by atoms with E-state index < -0.39 is 0 Å². The highest BCUT2D eigenvalue weighted by molar-refractivity contribution is 5.50. The SMILES string of the molecule is COC(/C=C/C=C/c1ccccc1)CCc1ccc(O)cc1. The monoisotopic (exact) mass is 294 g/mol. The molecule has 0 aliphatic heterocycles. The molecule has 0 aliphatic rings. The van der Waals surface area contributed by atoms with Crippen LogP contribution in [0.2, 0.25) is 0 Å². The molecule has 2 nitrogen and oxygen atoms in total. The molecule has 2 aromatic rings. The normalized spacial score (nSPS) is 13.0. The van der Waals surface area contributed by atoms with E-state index in [0.29, 0.717) is 5.75 Å². The zero-order chi connectivity index (χ0) is 15.6. The van der Waals surface area contributed by atoms with Crippen LogP contribution in [0.5, 0.6) is 5.75 Å². The van der Waals surface area contributed by atoms with Crippen LogP contribution >= 0.6 is 0 Å². The van der Waals surface area contributed by atoms with Crippen molar-refractivity contribution in [2.75, 3.05) is 7.11 Å². The van der Waals surface area contributed by atoms with Gasteiger partial charge in [-0.2, -0.15) is 0 Å². The van der Waals surface area contributed by atoms with Crippen LogP contribution in [-0.2, 0) is 11.2 Å². The topological polar surface area (TPSA) is 29.5 Å². The summed E-state index contributed by atoms with van der Waals surface area (Å²) >= 11 is 0. The van der Waals surface area contributed by atoms with Crippen LogP contribution in [0.25, 0.3) is 6.08 Å². The Labute approximate surface area is 132 Å². The van der Waals surface area contributed by atoms with Gasteiger partial charge in [0.1, 0.15) is 5.75 Å². The van der Waals surface area contributed by atoms with Gasteiger partial charge in [-0.25, -0.2) is 0 Å². The van der Waals surface area contributed by atoms with Gasteiger partial charge in [-0.15, -0.1) is 0 Å². The number of methoxy groups -OCH3 is 1. The van der Waals surface area contributed by atoms with Crippen LogP contribution in [-0.4, -0.2) is 18.3 Å². The van der Waals surface area contributed by atoms with E-state index in [1.807, 2.05) is 42.5 Å². The molecule has 0 saturated heterocycles. The average Bonchev–Trinajstić information content (AvgIpc) is 2.57. The number of benzene rings is 2. The lowest BCUT2D eigenvalue weighted by molar-refractivity contribution is 0.134. The van der Waals surface area contributed by atoms with E-state index in [1.165, 1.54) is 11.1 Å². The fraction of sp³-hybridized carbons (Fsp3) is 0.200. The molecule has 1 unspecified atom stereocenters. The van der Waals surface area contributed by atoms with Crippen molar-refractivity contribution in [3.8, 4) is 5.75 Å². The van der Waals surface area contributed by atoms with E-state index in [0.717, 1.165) is 12.8 Å². The van der Waals surface area contributed by atoms with E-state index in [9.17, 15) is 5.11 Å². The Balaban J connectivity index is 1.82. The number of aryl methyl sites for hydroxylation is 1. The molecule has 1 atom stereocenters. The fourth-order valence-corrected chi connectivity index (χ4v) is 2.18.